The molecular weight excluding hydrogens is 406 g/mol. The second kappa shape index (κ2) is 8.08. The van der Waals surface area contributed by atoms with Crippen molar-refractivity contribution in [3.8, 4) is 5.75 Å². The molecular formula is C21H23N3O5S. The highest BCUT2D eigenvalue weighted by molar-refractivity contribution is 7.17. The number of methoxy groups -OCH3 is 1. The van der Waals surface area contributed by atoms with Gasteiger partial charge in [-0.1, -0.05) is 6.07 Å². The summed E-state index contributed by atoms with van der Waals surface area (Å²) in [5.74, 6) is -0.435. The van der Waals surface area contributed by atoms with Crippen LogP contribution in [0.25, 0.3) is 0 Å². The standard InChI is InChI=1S/C21H23N3O5S/c1-22-12-17(26)24(8-9-29-2)21-18(20(22)28)15-6-7-23(11-16(15)30-21)19(27)13-4-3-5-14(25)10-13/h3-5,10,25H,6-9,11-12H2,1-2H3. The van der Waals surface area contributed by atoms with Gasteiger partial charge in [0.2, 0.25) is 5.91 Å². The monoisotopic (exact) mass is 429 g/mol. The normalized spacial score (nSPS) is 16.4. The molecule has 0 aliphatic carbocycles. The predicted molar refractivity (Wildman–Crippen MR) is 112 cm³/mol. The summed E-state index contributed by atoms with van der Waals surface area (Å²) < 4.78 is 5.15. The molecule has 0 bridgehead atoms. The maximum absolute atomic E-state index is 13.0. The van der Waals surface area contributed by atoms with Gasteiger partial charge in [-0.05, 0) is 30.2 Å². The highest BCUT2D eigenvalue weighted by Gasteiger charge is 2.37. The van der Waals surface area contributed by atoms with Crippen LogP contribution in [-0.2, 0) is 22.5 Å². The smallest absolute Gasteiger partial charge is 0.257 e. The average molecular weight is 429 g/mol. The van der Waals surface area contributed by atoms with Crippen LogP contribution in [0.15, 0.2) is 24.3 Å². The van der Waals surface area contributed by atoms with Gasteiger partial charge in [0.05, 0.1) is 25.3 Å². The van der Waals surface area contributed by atoms with E-state index >= 15 is 0 Å². The molecule has 0 saturated carbocycles. The van der Waals surface area contributed by atoms with Gasteiger partial charge < -0.3 is 19.6 Å². The minimum atomic E-state index is -0.170. The molecule has 2 aliphatic heterocycles. The van der Waals surface area contributed by atoms with Crippen LogP contribution in [0.1, 0.15) is 31.2 Å². The summed E-state index contributed by atoms with van der Waals surface area (Å²) in [5.41, 5.74) is 1.91. The Labute approximate surface area is 178 Å². The topological polar surface area (TPSA) is 90.4 Å². The molecule has 0 fully saturated rings. The summed E-state index contributed by atoms with van der Waals surface area (Å²) >= 11 is 1.40. The zero-order valence-electron chi connectivity index (χ0n) is 16.9. The molecule has 3 heterocycles. The van der Waals surface area contributed by atoms with E-state index in [1.165, 1.54) is 28.4 Å². The Hall–Kier alpha value is -2.91. The van der Waals surface area contributed by atoms with Crippen LogP contribution in [0.2, 0.25) is 0 Å². The Balaban J connectivity index is 1.68. The molecule has 8 nitrogen and oxygen atoms in total. The van der Waals surface area contributed by atoms with Crippen molar-refractivity contribution < 1.29 is 24.2 Å². The molecule has 2 aromatic rings. The summed E-state index contributed by atoms with van der Waals surface area (Å²) in [6.45, 7) is 1.60. The first-order valence-electron chi connectivity index (χ1n) is 9.68. The van der Waals surface area contributed by atoms with E-state index in [0.29, 0.717) is 48.8 Å². The fourth-order valence-corrected chi connectivity index (χ4v) is 5.26. The fourth-order valence-electron chi connectivity index (χ4n) is 3.87. The number of hydrogen-bond acceptors (Lipinski definition) is 6. The number of carbonyl (C=O) groups is 3. The first kappa shape index (κ1) is 20.4. The van der Waals surface area contributed by atoms with E-state index in [0.717, 1.165) is 10.4 Å². The second-order valence-corrected chi connectivity index (χ2v) is 8.49. The molecule has 0 spiro atoms. The Bertz CT molecular complexity index is 1020. The van der Waals surface area contributed by atoms with Crippen LogP contribution in [0.3, 0.4) is 0 Å². The SMILES string of the molecule is COCCN1C(=O)CN(C)C(=O)c2c1sc1c2CCN(C(=O)c2cccc(O)c2)C1. The number of nitrogens with zero attached hydrogens (tertiary/aromatic N) is 3. The molecule has 0 atom stereocenters. The highest BCUT2D eigenvalue weighted by Crippen LogP contribution is 2.41. The van der Waals surface area contributed by atoms with E-state index in [-0.39, 0.29) is 30.0 Å². The van der Waals surface area contributed by atoms with Gasteiger partial charge in [0.25, 0.3) is 11.8 Å². The van der Waals surface area contributed by atoms with Crippen LogP contribution in [0.4, 0.5) is 5.00 Å². The molecule has 9 heteroatoms. The minimum Gasteiger partial charge on any atom is -0.508 e. The van der Waals surface area contributed by atoms with Gasteiger partial charge in [0, 0.05) is 31.1 Å². The van der Waals surface area contributed by atoms with Crippen LogP contribution in [-0.4, -0.2) is 73.0 Å². The number of hydrogen-bond donors (Lipinski definition) is 1. The highest BCUT2D eigenvalue weighted by atomic mass is 32.1. The van der Waals surface area contributed by atoms with Gasteiger partial charge >= 0.3 is 0 Å². The number of thiophene rings is 1. The fraction of sp³-hybridized carbons (Fsp3) is 0.381. The lowest BCUT2D eigenvalue weighted by molar-refractivity contribution is -0.119. The third kappa shape index (κ3) is 3.54. The number of phenols is 1. The van der Waals surface area contributed by atoms with E-state index in [1.807, 2.05) is 0 Å². The van der Waals surface area contributed by atoms with Crippen LogP contribution < -0.4 is 4.90 Å². The Morgan fingerprint density at radius 2 is 2.07 bits per heavy atom. The van der Waals surface area contributed by atoms with Crippen molar-refractivity contribution in [3.05, 3.63) is 45.8 Å². The number of aromatic hydroxyl groups is 1. The molecule has 158 valence electrons. The molecule has 1 aromatic carbocycles. The molecule has 0 unspecified atom stereocenters. The maximum atomic E-state index is 13.0. The average Bonchev–Trinajstić information content (AvgIpc) is 3.07. The van der Waals surface area contributed by atoms with Crippen molar-refractivity contribution in [2.75, 3.05) is 45.3 Å². The molecule has 0 radical (unpaired) electrons. The third-order valence-electron chi connectivity index (χ3n) is 5.42. The summed E-state index contributed by atoms with van der Waals surface area (Å²) in [4.78, 5) is 44.4. The van der Waals surface area contributed by atoms with E-state index in [2.05, 4.69) is 0 Å². The van der Waals surface area contributed by atoms with Crippen molar-refractivity contribution >= 4 is 34.1 Å². The first-order chi connectivity index (χ1) is 14.4. The molecule has 4 rings (SSSR count). The number of rotatable bonds is 4. The maximum Gasteiger partial charge on any atom is 0.257 e. The van der Waals surface area contributed by atoms with Gasteiger partial charge in [0.15, 0.2) is 0 Å². The van der Waals surface area contributed by atoms with E-state index in [1.54, 1.807) is 36.1 Å². The lowest BCUT2D eigenvalue weighted by Gasteiger charge is -2.27. The van der Waals surface area contributed by atoms with Gasteiger partial charge in [-0.3, -0.25) is 19.3 Å². The number of ether oxygens (including phenoxy) is 1. The molecule has 1 aromatic heterocycles. The lowest BCUT2D eigenvalue weighted by atomic mass is 10.0. The molecule has 2 aliphatic rings. The molecule has 3 amide bonds. The molecule has 0 saturated heterocycles. The van der Waals surface area contributed by atoms with E-state index < -0.39 is 0 Å². The summed E-state index contributed by atoms with van der Waals surface area (Å²) in [6.07, 6.45) is 0.539. The summed E-state index contributed by atoms with van der Waals surface area (Å²) in [5, 5.41) is 10.3. The number of benzene rings is 1. The quantitative estimate of drug-likeness (QED) is 0.799. The van der Waals surface area contributed by atoms with Gasteiger partial charge in [-0.2, -0.15) is 0 Å². The molecule has 30 heavy (non-hydrogen) atoms. The lowest BCUT2D eigenvalue weighted by Crippen LogP contribution is -2.39. The second-order valence-electron chi connectivity index (χ2n) is 7.41. The predicted octanol–water partition coefficient (Wildman–Crippen LogP) is 1.72. The van der Waals surface area contributed by atoms with Crippen molar-refractivity contribution in [3.63, 3.8) is 0 Å². The number of fused-ring (bicyclic) bond motifs is 3. The third-order valence-corrected chi connectivity index (χ3v) is 6.66. The van der Waals surface area contributed by atoms with Gasteiger partial charge in [-0.15, -0.1) is 11.3 Å². The summed E-state index contributed by atoms with van der Waals surface area (Å²) in [7, 11) is 3.21. The Morgan fingerprint density at radius 3 is 2.80 bits per heavy atom. The van der Waals surface area contributed by atoms with Gasteiger partial charge in [0.1, 0.15) is 17.3 Å². The Kier molecular flexibility index (Phi) is 5.48. The minimum absolute atomic E-state index is 0.0286. The summed E-state index contributed by atoms with van der Waals surface area (Å²) in [6, 6.07) is 6.28. The van der Waals surface area contributed by atoms with Crippen LogP contribution >= 0.6 is 11.3 Å². The molecule has 1 N–H and O–H groups in total. The Morgan fingerprint density at radius 1 is 1.27 bits per heavy atom. The zero-order valence-corrected chi connectivity index (χ0v) is 17.7. The number of phenolic OH excluding ortho intramolecular Hbond substituents is 1. The van der Waals surface area contributed by atoms with Crippen LogP contribution in [0, 0.1) is 0 Å². The van der Waals surface area contributed by atoms with Crippen molar-refractivity contribution in [2.45, 2.75) is 13.0 Å². The number of anilines is 1. The van der Waals surface area contributed by atoms with Crippen molar-refractivity contribution in [1.29, 1.82) is 0 Å². The number of likely N-dealkylation sites (N-methyl/N-ethyl adjacent to an activating group) is 1. The number of carbonyl (C=O) groups excluding carboxylic acids is 3. The van der Waals surface area contributed by atoms with E-state index in [9.17, 15) is 19.5 Å². The van der Waals surface area contributed by atoms with Crippen LogP contribution in [0.5, 0.6) is 5.75 Å². The van der Waals surface area contributed by atoms with E-state index in [4.69, 9.17) is 4.74 Å². The first-order valence-corrected chi connectivity index (χ1v) is 10.5. The van der Waals surface area contributed by atoms with Crippen molar-refractivity contribution in [1.82, 2.24) is 9.80 Å². The van der Waals surface area contributed by atoms with Crippen molar-refractivity contribution in [2.24, 2.45) is 0 Å². The van der Waals surface area contributed by atoms with Gasteiger partial charge in [-0.25, -0.2) is 0 Å². The number of amides is 3. The zero-order chi connectivity index (χ0) is 21.4. The largest absolute Gasteiger partial charge is 0.508 e.